The molecule has 2 atom stereocenters. The third-order valence-corrected chi connectivity index (χ3v) is 3.88. The normalized spacial score (nSPS) is 22.7. The highest BCUT2D eigenvalue weighted by Gasteiger charge is 2.40. The highest BCUT2D eigenvalue weighted by Crippen LogP contribution is 2.39. The van der Waals surface area contributed by atoms with Crippen molar-refractivity contribution in [2.45, 2.75) is 39.2 Å². The Bertz CT molecular complexity index is 666. The smallest absolute Gasteiger partial charge is 0.250 e. The Balaban J connectivity index is 1.75. The van der Waals surface area contributed by atoms with Gasteiger partial charge in [0.15, 0.2) is 5.82 Å². The maximum Gasteiger partial charge on any atom is 0.250 e. The molecule has 0 aliphatic carbocycles. The summed E-state index contributed by atoms with van der Waals surface area (Å²) in [6, 6.07) is 0. The first-order chi connectivity index (χ1) is 10.4. The van der Waals surface area contributed by atoms with Crippen LogP contribution in [0.3, 0.4) is 0 Å². The molecule has 0 spiro atoms. The second-order valence-electron chi connectivity index (χ2n) is 6.82. The van der Waals surface area contributed by atoms with Crippen LogP contribution in [0.5, 0.6) is 0 Å². The average Bonchev–Trinajstić information content (AvgIpc) is 3.15. The predicted molar refractivity (Wildman–Crippen MR) is 83.0 cm³/mol. The van der Waals surface area contributed by atoms with E-state index in [4.69, 9.17) is 9.26 Å². The molecule has 1 aliphatic rings. The summed E-state index contributed by atoms with van der Waals surface area (Å²) in [6.07, 6.45) is 8.50. The van der Waals surface area contributed by atoms with E-state index in [1.807, 2.05) is 25.4 Å². The summed E-state index contributed by atoms with van der Waals surface area (Å²) in [5, 5.41) is 8.26. The van der Waals surface area contributed by atoms with Gasteiger partial charge in [0.25, 0.3) is 5.89 Å². The van der Waals surface area contributed by atoms with Gasteiger partial charge in [0.05, 0.1) is 18.2 Å². The highest BCUT2D eigenvalue weighted by atomic mass is 16.5. The molecule has 6 nitrogen and oxygen atoms in total. The minimum Gasteiger partial charge on any atom is -0.377 e. The summed E-state index contributed by atoms with van der Waals surface area (Å²) in [6.45, 7) is 7.29. The van der Waals surface area contributed by atoms with Gasteiger partial charge in [-0.2, -0.15) is 10.1 Å². The first-order valence-electron chi connectivity index (χ1n) is 7.55. The number of hydrogen-bond acceptors (Lipinski definition) is 5. The van der Waals surface area contributed by atoms with Crippen molar-refractivity contribution in [3.8, 4) is 0 Å². The van der Waals surface area contributed by atoms with Gasteiger partial charge in [-0.15, -0.1) is 0 Å². The first kappa shape index (κ1) is 15.0. The fourth-order valence-electron chi connectivity index (χ4n) is 2.87. The molecule has 3 rings (SSSR count). The lowest BCUT2D eigenvalue weighted by atomic mass is 9.81. The summed E-state index contributed by atoms with van der Waals surface area (Å²) in [5.41, 5.74) is 1.06. The van der Waals surface area contributed by atoms with E-state index < -0.39 is 0 Å². The van der Waals surface area contributed by atoms with Crippen molar-refractivity contribution < 1.29 is 9.26 Å². The van der Waals surface area contributed by atoms with Crippen molar-refractivity contribution in [2.24, 2.45) is 12.5 Å². The molecular weight excluding hydrogens is 280 g/mol. The zero-order valence-electron chi connectivity index (χ0n) is 13.5. The van der Waals surface area contributed by atoms with E-state index in [-0.39, 0.29) is 17.4 Å². The SMILES string of the molecule is Cn1cc(/C=C/c2nc([C@H]3CCO[C@@H]3C(C)(C)C)no2)cn1. The van der Waals surface area contributed by atoms with Gasteiger partial charge in [-0.3, -0.25) is 4.68 Å². The molecule has 0 bridgehead atoms. The zero-order chi connectivity index (χ0) is 15.7. The average molecular weight is 302 g/mol. The molecule has 6 heteroatoms. The molecule has 1 fully saturated rings. The van der Waals surface area contributed by atoms with E-state index in [2.05, 4.69) is 36.0 Å². The zero-order valence-corrected chi connectivity index (χ0v) is 13.5. The maximum atomic E-state index is 5.88. The molecule has 0 saturated carbocycles. The summed E-state index contributed by atoms with van der Waals surface area (Å²) in [5.74, 6) is 1.45. The Morgan fingerprint density at radius 3 is 2.82 bits per heavy atom. The number of hydrogen-bond donors (Lipinski definition) is 0. The first-order valence-corrected chi connectivity index (χ1v) is 7.55. The Kier molecular flexibility index (Phi) is 3.87. The van der Waals surface area contributed by atoms with Gasteiger partial charge >= 0.3 is 0 Å². The standard InChI is InChI=1S/C16H22N4O2/c1-16(2,3)14-12(7-8-21-14)15-18-13(22-19-15)6-5-11-9-17-20(4)10-11/h5-6,9-10,12,14H,7-8H2,1-4H3/b6-5+/t12-,14-/m0/s1. The lowest BCUT2D eigenvalue weighted by Gasteiger charge is -2.29. The van der Waals surface area contributed by atoms with Crippen molar-refractivity contribution in [1.82, 2.24) is 19.9 Å². The lowest BCUT2D eigenvalue weighted by Crippen LogP contribution is -2.30. The summed E-state index contributed by atoms with van der Waals surface area (Å²) in [4.78, 5) is 4.51. The van der Waals surface area contributed by atoms with Crippen molar-refractivity contribution in [3.05, 3.63) is 29.7 Å². The van der Waals surface area contributed by atoms with Crippen LogP contribution in [0.1, 0.15) is 50.4 Å². The van der Waals surface area contributed by atoms with Gasteiger partial charge in [0.1, 0.15) is 0 Å². The largest absolute Gasteiger partial charge is 0.377 e. The lowest BCUT2D eigenvalue weighted by molar-refractivity contribution is 0.0193. The predicted octanol–water partition coefficient (Wildman–Crippen LogP) is 2.89. The molecule has 0 unspecified atom stereocenters. The molecule has 3 heterocycles. The third kappa shape index (κ3) is 3.11. The van der Waals surface area contributed by atoms with E-state index in [1.54, 1.807) is 10.9 Å². The minimum atomic E-state index is 0.0630. The van der Waals surface area contributed by atoms with Gasteiger partial charge in [0.2, 0.25) is 0 Å². The fraction of sp³-hybridized carbons (Fsp3) is 0.562. The molecule has 1 saturated heterocycles. The van der Waals surface area contributed by atoms with Crippen LogP contribution in [0, 0.1) is 5.41 Å². The van der Waals surface area contributed by atoms with E-state index in [0.717, 1.165) is 24.4 Å². The molecule has 22 heavy (non-hydrogen) atoms. The van der Waals surface area contributed by atoms with E-state index >= 15 is 0 Å². The van der Waals surface area contributed by atoms with Gasteiger partial charge in [0, 0.05) is 31.5 Å². The van der Waals surface area contributed by atoms with Crippen LogP contribution in [0.25, 0.3) is 12.2 Å². The summed E-state index contributed by atoms with van der Waals surface area (Å²) < 4.78 is 13.0. The highest BCUT2D eigenvalue weighted by molar-refractivity contribution is 5.64. The Labute approximate surface area is 130 Å². The molecule has 2 aromatic heterocycles. The van der Waals surface area contributed by atoms with Crippen LogP contribution in [0.15, 0.2) is 16.9 Å². The Hall–Kier alpha value is -1.95. The van der Waals surface area contributed by atoms with Crippen molar-refractivity contribution in [1.29, 1.82) is 0 Å². The topological polar surface area (TPSA) is 66.0 Å². The number of aryl methyl sites for hydroxylation is 1. The molecule has 0 radical (unpaired) electrons. The number of aromatic nitrogens is 4. The van der Waals surface area contributed by atoms with Crippen molar-refractivity contribution >= 4 is 12.2 Å². The second kappa shape index (κ2) is 5.68. The molecule has 118 valence electrons. The number of nitrogens with zero attached hydrogens (tertiary/aromatic N) is 4. The molecule has 0 amide bonds. The van der Waals surface area contributed by atoms with E-state index in [0.29, 0.717) is 5.89 Å². The monoisotopic (exact) mass is 302 g/mol. The van der Waals surface area contributed by atoms with Crippen molar-refractivity contribution in [2.75, 3.05) is 6.61 Å². The van der Waals surface area contributed by atoms with Crippen LogP contribution in [-0.2, 0) is 11.8 Å². The van der Waals surface area contributed by atoms with E-state index in [9.17, 15) is 0 Å². The third-order valence-electron chi connectivity index (χ3n) is 3.88. The summed E-state index contributed by atoms with van der Waals surface area (Å²) in [7, 11) is 1.88. The molecule has 1 aliphatic heterocycles. The maximum absolute atomic E-state index is 5.88. The van der Waals surface area contributed by atoms with E-state index in [1.165, 1.54) is 0 Å². The summed E-state index contributed by atoms with van der Waals surface area (Å²) >= 11 is 0. The minimum absolute atomic E-state index is 0.0630. The van der Waals surface area contributed by atoms with Crippen LogP contribution >= 0.6 is 0 Å². The Morgan fingerprint density at radius 1 is 1.32 bits per heavy atom. The van der Waals surface area contributed by atoms with Crippen LogP contribution in [-0.4, -0.2) is 32.6 Å². The molecular formula is C16H22N4O2. The number of rotatable bonds is 3. The van der Waals surface area contributed by atoms with Crippen LogP contribution in [0.4, 0.5) is 0 Å². The quantitative estimate of drug-likeness (QED) is 0.872. The van der Waals surface area contributed by atoms with Crippen LogP contribution < -0.4 is 0 Å². The number of ether oxygens (including phenoxy) is 1. The molecule has 0 N–H and O–H groups in total. The van der Waals surface area contributed by atoms with Gasteiger partial charge < -0.3 is 9.26 Å². The molecule has 2 aromatic rings. The van der Waals surface area contributed by atoms with Gasteiger partial charge in [-0.25, -0.2) is 0 Å². The molecule has 0 aromatic carbocycles. The van der Waals surface area contributed by atoms with Gasteiger partial charge in [-0.1, -0.05) is 25.9 Å². The van der Waals surface area contributed by atoms with Gasteiger partial charge in [-0.05, 0) is 17.9 Å². The second-order valence-corrected chi connectivity index (χ2v) is 6.82. The van der Waals surface area contributed by atoms with Crippen LogP contribution in [0.2, 0.25) is 0 Å². The fourth-order valence-corrected chi connectivity index (χ4v) is 2.87. The van der Waals surface area contributed by atoms with Crippen molar-refractivity contribution in [3.63, 3.8) is 0 Å². The Morgan fingerprint density at radius 2 is 2.14 bits per heavy atom.